The molecule has 1 heterocycles. The van der Waals surface area contributed by atoms with E-state index in [4.69, 9.17) is 0 Å². The third-order valence-electron chi connectivity index (χ3n) is 3.99. The van der Waals surface area contributed by atoms with E-state index in [1.807, 2.05) is 0 Å². The Bertz CT molecular complexity index is 1240. The fourth-order valence-electron chi connectivity index (χ4n) is 2.80. The highest BCUT2D eigenvalue weighted by Crippen LogP contribution is 2.28. The van der Waals surface area contributed by atoms with E-state index < -0.39 is 21.6 Å². The van der Waals surface area contributed by atoms with Crippen LogP contribution in [0.25, 0.3) is 10.9 Å². The van der Waals surface area contributed by atoms with E-state index >= 15 is 0 Å². The lowest BCUT2D eigenvalue weighted by Crippen LogP contribution is -2.20. The Hall–Kier alpha value is -3.44. The quantitative estimate of drug-likeness (QED) is 0.375. The van der Waals surface area contributed by atoms with Gasteiger partial charge < -0.3 is 4.90 Å². The smallest absolute Gasteiger partial charge is 0.268 e. The molecule has 2 aromatic carbocycles. The summed E-state index contributed by atoms with van der Waals surface area (Å²) in [5.41, 5.74) is -0.453. The second-order valence-electron chi connectivity index (χ2n) is 6.26. The van der Waals surface area contributed by atoms with Gasteiger partial charge in [-0.15, -0.1) is 0 Å². The van der Waals surface area contributed by atoms with Crippen LogP contribution in [0.2, 0.25) is 0 Å². The lowest BCUT2D eigenvalue weighted by atomic mass is 10.1. The first-order chi connectivity index (χ1) is 13.3. The van der Waals surface area contributed by atoms with Crippen molar-refractivity contribution in [3.05, 3.63) is 77.9 Å². The summed E-state index contributed by atoms with van der Waals surface area (Å²) in [6.07, 6.45) is 1.31. The molecule has 0 amide bonds. The van der Waals surface area contributed by atoms with Crippen molar-refractivity contribution in [1.82, 2.24) is 8.87 Å². The van der Waals surface area contributed by atoms with Crippen LogP contribution < -0.4 is 0 Å². The summed E-state index contributed by atoms with van der Waals surface area (Å²) in [5, 5.41) is 9.72. The van der Waals surface area contributed by atoms with Crippen molar-refractivity contribution in [2.24, 2.45) is 0 Å². The van der Waals surface area contributed by atoms with Gasteiger partial charge in [0, 0.05) is 25.7 Å². The zero-order chi connectivity index (χ0) is 20.5. The third-order valence-corrected chi connectivity index (χ3v) is 5.73. The minimum absolute atomic E-state index is 0.0225. The van der Waals surface area contributed by atoms with Gasteiger partial charge in [-0.05, 0) is 36.4 Å². The molecule has 0 aliphatic carbocycles. The first-order valence-electron chi connectivity index (χ1n) is 8.20. The number of allylic oxidation sites excluding steroid dienone is 1. The first-order valence-corrected chi connectivity index (χ1v) is 9.64. The largest absolute Gasteiger partial charge is 0.382 e. The van der Waals surface area contributed by atoms with Crippen molar-refractivity contribution in [2.75, 3.05) is 14.1 Å². The van der Waals surface area contributed by atoms with Crippen LogP contribution in [-0.4, -0.2) is 37.2 Å². The molecule has 1 aromatic heterocycles. The molecule has 8 heteroatoms. The van der Waals surface area contributed by atoms with Gasteiger partial charge in [0.2, 0.25) is 5.78 Å². The molecule has 0 unspecified atom stereocenters. The average Bonchev–Trinajstić information content (AvgIpc) is 3.05. The number of aromatic nitrogens is 1. The molecule has 3 aromatic rings. The first kappa shape index (κ1) is 19.3. The number of halogens is 1. The summed E-state index contributed by atoms with van der Waals surface area (Å²) in [6, 6.07) is 14.3. The Labute approximate surface area is 161 Å². The van der Waals surface area contributed by atoms with Crippen molar-refractivity contribution in [3.63, 3.8) is 0 Å². The standard InChI is InChI=1S/C20H16FN3O3S/c1-23(2)13-15(12-22)20(25)19-10-14-8-9-16(21)11-18(14)24(19)28(26,27)17-6-4-3-5-7-17/h3-11,13H,1-2H3. The van der Waals surface area contributed by atoms with Gasteiger partial charge in [-0.25, -0.2) is 16.8 Å². The molecule has 0 atom stereocenters. The lowest BCUT2D eigenvalue weighted by Gasteiger charge is -2.12. The molecule has 0 saturated carbocycles. The van der Waals surface area contributed by atoms with E-state index in [1.165, 1.54) is 41.4 Å². The number of carbonyl (C=O) groups is 1. The van der Waals surface area contributed by atoms with Gasteiger partial charge in [0.05, 0.1) is 10.4 Å². The summed E-state index contributed by atoms with van der Waals surface area (Å²) in [7, 11) is -0.936. The highest BCUT2D eigenvalue weighted by Gasteiger charge is 2.28. The molecule has 142 valence electrons. The average molecular weight is 397 g/mol. The Morgan fingerprint density at radius 3 is 2.43 bits per heavy atom. The predicted molar refractivity (Wildman–Crippen MR) is 103 cm³/mol. The highest BCUT2D eigenvalue weighted by molar-refractivity contribution is 7.90. The summed E-state index contributed by atoms with van der Waals surface area (Å²) < 4.78 is 41.2. The fourth-order valence-corrected chi connectivity index (χ4v) is 4.32. The van der Waals surface area contributed by atoms with Gasteiger partial charge in [-0.1, -0.05) is 18.2 Å². The maximum Gasteiger partial charge on any atom is 0.268 e. The maximum atomic E-state index is 13.9. The Balaban J connectivity index is 2.35. The zero-order valence-corrected chi connectivity index (χ0v) is 15.9. The van der Waals surface area contributed by atoms with Gasteiger partial charge in [-0.3, -0.25) is 4.79 Å². The van der Waals surface area contributed by atoms with E-state index in [2.05, 4.69) is 0 Å². The zero-order valence-electron chi connectivity index (χ0n) is 15.1. The SMILES string of the molecule is CN(C)C=C(C#N)C(=O)c1cc2ccc(F)cc2n1S(=O)(=O)c1ccccc1. The van der Waals surface area contributed by atoms with Crippen LogP contribution in [0, 0.1) is 17.1 Å². The predicted octanol–water partition coefficient (Wildman–Crippen LogP) is 3.17. The van der Waals surface area contributed by atoms with Gasteiger partial charge in [0.15, 0.2) is 0 Å². The molecule has 3 rings (SSSR count). The minimum atomic E-state index is -4.21. The Kier molecular flexibility index (Phi) is 5.03. The summed E-state index contributed by atoms with van der Waals surface area (Å²) in [4.78, 5) is 14.4. The number of nitriles is 1. The molecule has 0 fully saturated rings. The monoisotopic (exact) mass is 397 g/mol. The van der Waals surface area contributed by atoms with E-state index in [1.54, 1.807) is 38.4 Å². The van der Waals surface area contributed by atoms with Crippen LogP contribution >= 0.6 is 0 Å². The van der Waals surface area contributed by atoms with E-state index in [0.29, 0.717) is 5.39 Å². The molecule has 0 N–H and O–H groups in total. The number of benzene rings is 2. The van der Waals surface area contributed by atoms with E-state index in [-0.39, 0.29) is 21.7 Å². The highest BCUT2D eigenvalue weighted by atomic mass is 32.2. The minimum Gasteiger partial charge on any atom is -0.382 e. The number of nitrogens with zero attached hydrogens (tertiary/aromatic N) is 3. The van der Waals surface area contributed by atoms with Crippen LogP contribution in [0.1, 0.15) is 10.5 Å². The molecule has 0 bridgehead atoms. The molecular weight excluding hydrogens is 381 g/mol. The van der Waals surface area contributed by atoms with Crippen LogP contribution in [0.15, 0.2) is 71.3 Å². The Morgan fingerprint density at radius 1 is 1.14 bits per heavy atom. The number of fused-ring (bicyclic) bond motifs is 1. The summed E-state index contributed by atoms with van der Waals surface area (Å²) in [6.45, 7) is 0. The number of hydrogen-bond acceptors (Lipinski definition) is 5. The third kappa shape index (κ3) is 3.40. The number of ketones is 1. The van der Waals surface area contributed by atoms with E-state index in [9.17, 15) is 22.9 Å². The molecule has 28 heavy (non-hydrogen) atoms. The van der Waals surface area contributed by atoms with Crippen molar-refractivity contribution in [3.8, 4) is 6.07 Å². The van der Waals surface area contributed by atoms with Crippen molar-refractivity contribution < 1.29 is 17.6 Å². The van der Waals surface area contributed by atoms with E-state index in [0.717, 1.165) is 10.0 Å². The summed E-state index contributed by atoms with van der Waals surface area (Å²) >= 11 is 0. The fraction of sp³-hybridized carbons (Fsp3) is 0.100. The van der Waals surface area contributed by atoms with Crippen molar-refractivity contribution in [1.29, 1.82) is 5.26 Å². The van der Waals surface area contributed by atoms with Gasteiger partial charge in [-0.2, -0.15) is 5.26 Å². The number of rotatable bonds is 5. The van der Waals surface area contributed by atoms with Crippen LogP contribution in [0.5, 0.6) is 0 Å². The molecule has 0 spiro atoms. The maximum absolute atomic E-state index is 13.9. The Morgan fingerprint density at radius 2 is 1.82 bits per heavy atom. The number of hydrogen-bond donors (Lipinski definition) is 0. The number of Topliss-reactive ketones (excluding diaryl/α,β-unsaturated/α-hetero) is 1. The van der Waals surface area contributed by atoms with Gasteiger partial charge >= 0.3 is 0 Å². The molecule has 0 aliphatic rings. The molecule has 6 nitrogen and oxygen atoms in total. The van der Waals surface area contributed by atoms with Crippen LogP contribution in [0.3, 0.4) is 0 Å². The molecular formula is C20H16FN3O3S. The lowest BCUT2D eigenvalue weighted by molar-refractivity contribution is 0.103. The van der Waals surface area contributed by atoms with Crippen LogP contribution in [0.4, 0.5) is 4.39 Å². The molecule has 0 saturated heterocycles. The second kappa shape index (κ2) is 7.29. The van der Waals surface area contributed by atoms with Crippen molar-refractivity contribution >= 4 is 26.7 Å². The van der Waals surface area contributed by atoms with Crippen LogP contribution in [-0.2, 0) is 10.0 Å². The van der Waals surface area contributed by atoms with Gasteiger partial charge in [0.25, 0.3) is 10.0 Å². The number of carbonyl (C=O) groups excluding carboxylic acids is 1. The molecule has 0 radical (unpaired) electrons. The topological polar surface area (TPSA) is 83.2 Å². The second-order valence-corrected chi connectivity index (χ2v) is 8.05. The summed E-state index contributed by atoms with van der Waals surface area (Å²) in [5.74, 6) is -1.41. The normalized spacial score (nSPS) is 12.0. The van der Waals surface area contributed by atoms with Gasteiger partial charge in [0.1, 0.15) is 23.2 Å². The van der Waals surface area contributed by atoms with Crippen molar-refractivity contribution in [2.45, 2.75) is 4.90 Å². The molecule has 0 aliphatic heterocycles.